The quantitative estimate of drug-likeness (QED) is 0.235. The van der Waals surface area contributed by atoms with Gasteiger partial charge in [-0.15, -0.1) is 0 Å². The summed E-state index contributed by atoms with van der Waals surface area (Å²) in [5, 5.41) is 13.1. The molecular formula is C24H21F2N7S. The topological polar surface area (TPSA) is 79.7 Å². The van der Waals surface area contributed by atoms with Gasteiger partial charge in [0, 0.05) is 35.6 Å². The predicted octanol–water partition coefficient (Wildman–Crippen LogP) is 6.59. The molecule has 2 heterocycles. The summed E-state index contributed by atoms with van der Waals surface area (Å²) in [5.41, 5.74) is 2.95. The van der Waals surface area contributed by atoms with Crippen molar-refractivity contribution in [2.75, 3.05) is 16.0 Å². The van der Waals surface area contributed by atoms with E-state index in [0.29, 0.717) is 33.6 Å². The van der Waals surface area contributed by atoms with Crippen LogP contribution in [0.15, 0.2) is 90.9 Å². The van der Waals surface area contributed by atoms with E-state index in [4.69, 9.17) is 0 Å². The van der Waals surface area contributed by atoms with Crippen molar-refractivity contribution in [3.63, 3.8) is 0 Å². The summed E-state index contributed by atoms with van der Waals surface area (Å²) in [7, 11) is 1.80. The molecular weight excluding hydrogens is 456 g/mol. The fourth-order valence-electron chi connectivity index (χ4n) is 3.13. The molecule has 0 unspecified atom stereocenters. The number of aromatic nitrogens is 4. The maximum Gasteiger partial charge on any atom is 0.229 e. The smallest absolute Gasteiger partial charge is 0.229 e. The Morgan fingerprint density at radius 2 is 1.85 bits per heavy atom. The lowest BCUT2D eigenvalue weighted by molar-refractivity contribution is 0.635. The molecule has 172 valence electrons. The minimum atomic E-state index is -0.513. The number of aryl methyl sites for hydroxylation is 1. The Kier molecular flexibility index (Phi) is 6.88. The summed E-state index contributed by atoms with van der Waals surface area (Å²) in [6, 6.07) is 11.7. The molecule has 34 heavy (non-hydrogen) atoms. The van der Waals surface area contributed by atoms with Gasteiger partial charge in [-0.25, -0.2) is 9.37 Å². The fourth-order valence-corrected chi connectivity index (χ4v) is 3.36. The molecule has 0 aliphatic heterocycles. The lowest BCUT2D eigenvalue weighted by atomic mass is 10.1. The van der Waals surface area contributed by atoms with Crippen LogP contribution in [0.1, 0.15) is 0 Å². The molecule has 10 heteroatoms. The van der Waals surface area contributed by atoms with E-state index in [0.717, 1.165) is 5.56 Å². The van der Waals surface area contributed by atoms with Gasteiger partial charge in [0.2, 0.25) is 5.95 Å². The van der Waals surface area contributed by atoms with Crippen LogP contribution in [0.3, 0.4) is 0 Å². The van der Waals surface area contributed by atoms with Crippen LogP contribution in [0.2, 0.25) is 0 Å². The Bertz CT molecular complexity index is 1340. The van der Waals surface area contributed by atoms with Crippen molar-refractivity contribution in [1.82, 2.24) is 19.7 Å². The molecule has 0 radical (unpaired) electrons. The first-order valence-electron chi connectivity index (χ1n) is 10.1. The molecule has 4 aromatic rings. The molecule has 0 aliphatic carbocycles. The second-order valence-corrected chi connectivity index (χ2v) is 7.86. The van der Waals surface area contributed by atoms with Gasteiger partial charge in [0.25, 0.3) is 0 Å². The first kappa shape index (κ1) is 23.0. The van der Waals surface area contributed by atoms with E-state index in [9.17, 15) is 3.89 Å². The maximum atomic E-state index is 15.2. The van der Waals surface area contributed by atoms with Crippen LogP contribution in [0.4, 0.5) is 37.1 Å². The van der Waals surface area contributed by atoms with E-state index < -0.39 is 5.82 Å². The molecule has 2 aromatic heterocycles. The second kappa shape index (κ2) is 10.2. The van der Waals surface area contributed by atoms with Gasteiger partial charge in [-0.1, -0.05) is 31.4 Å². The molecule has 0 atom stereocenters. The van der Waals surface area contributed by atoms with Gasteiger partial charge in [0.15, 0.2) is 5.82 Å². The number of halogens is 2. The molecule has 4 rings (SSSR count). The SMILES string of the molecule is C=CC(=C)Nc1cccc(Nc2nc(Nc3cnn(C)c3)ncc2-c2ccc(SF)cc2)c1F. The van der Waals surface area contributed by atoms with Gasteiger partial charge in [-0.3, -0.25) is 4.68 Å². The summed E-state index contributed by atoms with van der Waals surface area (Å²) in [6.07, 6.45) is 6.53. The molecule has 0 saturated heterocycles. The lowest BCUT2D eigenvalue weighted by Crippen LogP contribution is -2.05. The van der Waals surface area contributed by atoms with Gasteiger partial charge < -0.3 is 16.0 Å². The van der Waals surface area contributed by atoms with Crippen molar-refractivity contribution in [1.29, 1.82) is 0 Å². The van der Waals surface area contributed by atoms with E-state index in [1.165, 1.54) is 6.08 Å². The molecule has 0 bridgehead atoms. The predicted molar refractivity (Wildman–Crippen MR) is 134 cm³/mol. The number of anilines is 5. The molecule has 3 N–H and O–H groups in total. The van der Waals surface area contributed by atoms with E-state index in [-0.39, 0.29) is 23.5 Å². The van der Waals surface area contributed by atoms with Crippen LogP contribution in [-0.4, -0.2) is 19.7 Å². The van der Waals surface area contributed by atoms with Gasteiger partial charge >= 0.3 is 0 Å². The number of nitrogens with one attached hydrogen (secondary N) is 3. The van der Waals surface area contributed by atoms with Crippen LogP contribution >= 0.6 is 12.1 Å². The van der Waals surface area contributed by atoms with Gasteiger partial charge in [0.05, 0.1) is 35.4 Å². The minimum Gasteiger partial charge on any atom is -0.354 e. The molecule has 0 saturated carbocycles. The second-order valence-electron chi connectivity index (χ2n) is 7.23. The summed E-state index contributed by atoms with van der Waals surface area (Å²) in [4.78, 5) is 9.43. The first-order valence-corrected chi connectivity index (χ1v) is 10.8. The summed E-state index contributed by atoms with van der Waals surface area (Å²) in [6.45, 7) is 7.39. The number of hydrogen-bond acceptors (Lipinski definition) is 7. The van der Waals surface area contributed by atoms with E-state index in [2.05, 4.69) is 44.2 Å². The Morgan fingerprint density at radius 1 is 1.09 bits per heavy atom. The summed E-state index contributed by atoms with van der Waals surface area (Å²) in [5.74, 6) is 0.145. The largest absolute Gasteiger partial charge is 0.354 e. The molecule has 0 aliphatic rings. The number of benzene rings is 2. The fraction of sp³-hybridized carbons (Fsp3) is 0.0417. The van der Waals surface area contributed by atoms with Crippen molar-refractivity contribution in [2.24, 2.45) is 7.05 Å². The third-order valence-electron chi connectivity index (χ3n) is 4.80. The molecule has 7 nitrogen and oxygen atoms in total. The third kappa shape index (κ3) is 5.24. The Balaban J connectivity index is 1.73. The Labute approximate surface area is 199 Å². The summed E-state index contributed by atoms with van der Waals surface area (Å²) >= 11 is 0.160. The third-order valence-corrected chi connectivity index (χ3v) is 5.25. The van der Waals surface area contributed by atoms with Crippen molar-refractivity contribution in [3.8, 4) is 11.1 Å². The zero-order valence-corrected chi connectivity index (χ0v) is 19.0. The monoisotopic (exact) mass is 477 g/mol. The van der Waals surface area contributed by atoms with E-state index >= 15 is 4.39 Å². The van der Waals surface area contributed by atoms with Crippen molar-refractivity contribution in [3.05, 3.63) is 91.8 Å². The highest BCUT2D eigenvalue weighted by Gasteiger charge is 2.15. The lowest BCUT2D eigenvalue weighted by Gasteiger charge is -2.15. The highest BCUT2D eigenvalue weighted by atomic mass is 32.2. The zero-order valence-electron chi connectivity index (χ0n) is 18.2. The average Bonchev–Trinajstić information content (AvgIpc) is 3.26. The first-order chi connectivity index (χ1) is 16.5. The highest BCUT2D eigenvalue weighted by molar-refractivity contribution is 7.94. The number of nitrogens with zero attached hydrogens (tertiary/aromatic N) is 4. The van der Waals surface area contributed by atoms with Crippen molar-refractivity contribution >= 4 is 41.0 Å². The Morgan fingerprint density at radius 3 is 2.53 bits per heavy atom. The number of allylic oxidation sites excluding steroid dienone is 1. The molecule has 0 spiro atoms. The molecule has 0 fully saturated rings. The van der Waals surface area contributed by atoms with Crippen molar-refractivity contribution < 1.29 is 8.28 Å². The van der Waals surface area contributed by atoms with Crippen LogP contribution in [0, 0.1) is 5.82 Å². The average molecular weight is 478 g/mol. The number of rotatable bonds is 9. The standard InChI is InChI=1S/C24H21F2N7S/c1-4-15(2)29-20-6-5-7-21(22(20)25)31-23-19(16-8-10-18(34-26)11-9-16)13-27-24(32-23)30-17-12-28-33(3)14-17/h4-14,29H,1-2H2,3H3,(H2,27,30,31,32). The van der Waals surface area contributed by atoms with E-state index in [1.54, 1.807) is 72.8 Å². The maximum absolute atomic E-state index is 15.2. The van der Waals surface area contributed by atoms with Crippen LogP contribution < -0.4 is 16.0 Å². The minimum absolute atomic E-state index is 0.160. The van der Waals surface area contributed by atoms with E-state index in [1.807, 2.05) is 0 Å². The van der Waals surface area contributed by atoms with Gasteiger partial charge in [-0.2, -0.15) is 14.0 Å². The normalized spacial score (nSPS) is 10.6. The summed E-state index contributed by atoms with van der Waals surface area (Å²) < 4.78 is 29.8. The zero-order chi connectivity index (χ0) is 24.1. The van der Waals surface area contributed by atoms with Crippen LogP contribution in [0.5, 0.6) is 0 Å². The Hall–Kier alpha value is -4.18. The number of hydrogen-bond donors (Lipinski definition) is 3. The van der Waals surface area contributed by atoms with Crippen LogP contribution in [0.25, 0.3) is 11.1 Å². The van der Waals surface area contributed by atoms with Gasteiger partial charge in [-0.05, 0) is 35.9 Å². The van der Waals surface area contributed by atoms with Crippen LogP contribution in [-0.2, 0) is 7.05 Å². The van der Waals surface area contributed by atoms with Gasteiger partial charge in [0.1, 0.15) is 5.82 Å². The molecule has 2 aromatic carbocycles. The highest BCUT2D eigenvalue weighted by Crippen LogP contribution is 2.33. The molecule has 0 amide bonds. The van der Waals surface area contributed by atoms with Crippen molar-refractivity contribution in [2.45, 2.75) is 4.90 Å².